The van der Waals surface area contributed by atoms with Crippen molar-refractivity contribution < 1.29 is 22.8 Å². The molecule has 4 rings (SSSR count). The van der Waals surface area contributed by atoms with Crippen molar-refractivity contribution in [2.24, 2.45) is 11.3 Å². The number of hydrogen-bond acceptors (Lipinski definition) is 6. The van der Waals surface area contributed by atoms with Gasteiger partial charge in [-0.1, -0.05) is 26.8 Å². The lowest BCUT2D eigenvalue weighted by Gasteiger charge is -2.43. The number of imide groups is 1. The molecule has 1 saturated carbocycles. The van der Waals surface area contributed by atoms with Gasteiger partial charge < -0.3 is 10.2 Å². The summed E-state index contributed by atoms with van der Waals surface area (Å²) in [5, 5.41) is 4.60. The molecule has 1 aromatic rings. The van der Waals surface area contributed by atoms with Crippen molar-refractivity contribution >= 4 is 39.2 Å². The molecule has 1 aliphatic carbocycles. The Morgan fingerprint density at radius 2 is 1.88 bits per heavy atom. The zero-order valence-corrected chi connectivity index (χ0v) is 20.3. The lowest BCUT2D eigenvalue weighted by molar-refractivity contribution is -0.141. The van der Waals surface area contributed by atoms with E-state index in [0.29, 0.717) is 12.8 Å². The smallest absolute Gasteiger partial charge is 0.325 e. The Labute approximate surface area is 192 Å². The number of rotatable bonds is 4. The highest BCUT2D eigenvalue weighted by Gasteiger charge is 2.56. The summed E-state index contributed by atoms with van der Waals surface area (Å²) in [6, 6.07) is 2.74. The lowest BCUT2D eigenvalue weighted by Crippen LogP contribution is -2.55. The van der Waals surface area contributed by atoms with Crippen molar-refractivity contribution in [2.75, 3.05) is 32.7 Å². The first-order valence-electron chi connectivity index (χ1n) is 10.9. The molecule has 1 spiro atoms. The van der Waals surface area contributed by atoms with Crippen LogP contribution in [0, 0.1) is 11.3 Å². The van der Waals surface area contributed by atoms with Crippen LogP contribution in [0.1, 0.15) is 40.0 Å². The van der Waals surface area contributed by atoms with Gasteiger partial charge in [-0.25, -0.2) is 13.2 Å². The molecule has 0 radical (unpaired) electrons. The average molecular weight is 483 g/mol. The predicted octanol–water partition coefficient (Wildman–Crippen LogP) is 1.72. The summed E-state index contributed by atoms with van der Waals surface area (Å²) in [5.74, 6) is -0.381. The number of urea groups is 1. The van der Waals surface area contributed by atoms with E-state index in [-0.39, 0.29) is 60.1 Å². The minimum Gasteiger partial charge on any atom is -0.338 e. The van der Waals surface area contributed by atoms with Gasteiger partial charge in [0.2, 0.25) is 5.91 Å². The standard InChI is InChI=1S/C21H30N4O5S2/c1-15-11-20(2,3)14-21(12-15)18(27)25(19(28)22-21)13-16(26)23-6-8-24(9-7-23)32(29,30)17-5-4-10-31-17/h4-5,10,15H,6-9,11-14H2,1-3H3,(H,22,28)/t15-,21+/m1/s1. The molecule has 9 nitrogen and oxygen atoms in total. The normalized spacial score (nSPS) is 28.9. The third kappa shape index (κ3) is 4.17. The second-order valence-corrected chi connectivity index (χ2v) is 13.1. The van der Waals surface area contributed by atoms with Crippen molar-refractivity contribution in [3.8, 4) is 0 Å². The Hall–Kier alpha value is -1.98. The first-order valence-corrected chi connectivity index (χ1v) is 13.2. The van der Waals surface area contributed by atoms with Crippen LogP contribution in [0.15, 0.2) is 21.7 Å². The number of thiophene rings is 1. The molecule has 0 unspecified atom stereocenters. The third-order valence-electron chi connectivity index (χ3n) is 6.60. The second-order valence-electron chi connectivity index (χ2n) is 9.97. The Morgan fingerprint density at radius 3 is 2.47 bits per heavy atom. The Bertz CT molecular complexity index is 1010. The Kier molecular flexibility index (Phi) is 5.87. The first kappa shape index (κ1) is 23.2. The van der Waals surface area contributed by atoms with E-state index < -0.39 is 21.6 Å². The number of carbonyl (C=O) groups is 3. The van der Waals surface area contributed by atoms with Crippen LogP contribution in [-0.4, -0.2) is 78.6 Å². The molecule has 2 atom stereocenters. The van der Waals surface area contributed by atoms with Crippen molar-refractivity contribution in [3.05, 3.63) is 17.5 Å². The maximum atomic E-state index is 13.2. The highest BCUT2D eigenvalue weighted by molar-refractivity contribution is 7.91. The fourth-order valence-electron chi connectivity index (χ4n) is 5.60. The van der Waals surface area contributed by atoms with Crippen molar-refractivity contribution in [2.45, 2.75) is 49.8 Å². The lowest BCUT2D eigenvalue weighted by atomic mass is 9.64. The molecule has 0 bridgehead atoms. The van der Waals surface area contributed by atoms with Gasteiger partial charge in [-0.05, 0) is 42.0 Å². The average Bonchev–Trinajstić information content (AvgIpc) is 3.31. The van der Waals surface area contributed by atoms with Crippen LogP contribution in [-0.2, 0) is 19.6 Å². The van der Waals surface area contributed by atoms with Crippen molar-refractivity contribution in [1.82, 2.24) is 19.4 Å². The highest BCUT2D eigenvalue weighted by atomic mass is 32.2. The molecule has 3 fully saturated rings. The molecule has 176 valence electrons. The summed E-state index contributed by atoms with van der Waals surface area (Å²) in [7, 11) is -3.56. The van der Waals surface area contributed by atoms with E-state index in [9.17, 15) is 22.8 Å². The topological polar surface area (TPSA) is 107 Å². The fraction of sp³-hybridized carbons (Fsp3) is 0.667. The van der Waals surface area contributed by atoms with Crippen LogP contribution >= 0.6 is 11.3 Å². The summed E-state index contributed by atoms with van der Waals surface area (Å²) >= 11 is 1.16. The molecule has 32 heavy (non-hydrogen) atoms. The van der Waals surface area contributed by atoms with Crippen LogP contribution < -0.4 is 5.32 Å². The molecule has 2 aliphatic heterocycles. The van der Waals surface area contributed by atoms with Gasteiger partial charge in [-0.15, -0.1) is 11.3 Å². The second kappa shape index (κ2) is 8.11. The zero-order valence-electron chi connectivity index (χ0n) is 18.7. The monoisotopic (exact) mass is 482 g/mol. The largest absolute Gasteiger partial charge is 0.338 e. The fourth-order valence-corrected chi connectivity index (χ4v) is 8.17. The van der Waals surface area contributed by atoms with E-state index in [1.54, 1.807) is 17.5 Å². The SMILES string of the molecule is C[C@@H]1CC(C)(C)C[C@]2(C1)NC(=O)N(CC(=O)N1CCN(S(=O)(=O)c3cccs3)CC1)C2=O. The van der Waals surface area contributed by atoms with Gasteiger partial charge in [-0.2, -0.15) is 4.31 Å². The van der Waals surface area contributed by atoms with E-state index in [1.807, 2.05) is 0 Å². The molecule has 3 aliphatic rings. The van der Waals surface area contributed by atoms with Crippen LogP contribution in [0.4, 0.5) is 4.79 Å². The molecule has 11 heteroatoms. The van der Waals surface area contributed by atoms with E-state index in [2.05, 4.69) is 26.1 Å². The highest BCUT2D eigenvalue weighted by Crippen LogP contribution is 2.46. The van der Waals surface area contributed by atoms with E-state index >= 15 is 0 Å². The van der Waals surface area contributed by atoms with Crippen molar-refractivity contribution in [1.29, 1.82) is 0 Å². The van der Waals surface area contributed by atoms with Gasteiger partial charge in [-0.3, -0.25) is 14.5 Å². The molecule has 1 N–H and O–H groups in total. The van der Waals surface area contributed by atoms with Gasteiger partial charge in [0, 0.05) is 26.2 Å². The molecule has 3 heterocycles. The van der Waals surface area contributed by atoms with Crippen LogP contribution in [0.2, 0.25) is 0 Å². The maximum absolute atomic E-state index is 13.2. The number of nitrogens with one attached hydrogen (secondary N) is 1. The summed E-state index contributed by atoms with van der Waals surface area (Å²) in [5.41, 5.74) is -1.02. The number of piperazine rings is 1. The number of amides is 4. The predicted molar refractivity (Wildman–Crippen MR) is 119 cm³/mol. The van der Waals surface area contributed by atoms with Gasteiger partial charge in [0.15, 0.2) is 0 Å². The minimum atomic E-state index is -3.56. The van der Waals surface area contributed by atoms with Crippen molar-refractivity contribution in [3.63, 3.8) is 0 Å². The zero-order chi connectivity index (χ0) is 23.3. The van der Waals surface area contributed by atoms with E-state index in [1.165, 1.54) is 9.21 Å². The Balaban J connectivity index is 1.39. The molecule has 1 aromatic heterocycles. The summed E-state index contributed by atoms with van der Waals surface area (Å²) in [6.45, 7) is 6.77. The summed E-state index contributed by atoms with van der Waals surface area (Å²) in [6.07, 6.45) is 2.11. The molecule has 2 saturated heterocycles. The van der Waals surface area contributed by atoms with Crippen LogP contribution in [0.3, 0.4) is 0 Å². The first-order chi connectivity index (χ1) is 14.9. The van der Waals surface area contributed by atoms with Crippen LogP contribution in [0.25, 0.3) is 0 Å². The van der Waals surface area contributed by atoms with E-state index in [4.69, 9.17) is 0 Å². The number of nitrogens with zero attached hydrogens (tertiary/aromatic N) is 3. The van der Waals surface area contributed by atoms with E-state index in [0.717, 1.165) is 22.7 Å². The number of carbonyl (C=O) groups excluding carboxylic acids is 3. The third-order valence-corrected chi connectivity index (χ3v) is 9.87. The maximum Gasteiger partial charge on any atom is 0.325 e. The van der Waals surface area contributed by atoms with Gasteiger partial charge in [0.25, 0.3) is 15.9 Å². The molecule has 4 amide bonds. The molecular formula is C21H30N4O5S2. The molecule has 0 aromatic carbocycles. The number of sulfonamides is 1. The molecular weight excluding hydrogens is 452 g/mol. The quantitative estimate of drug-likeness (QED) is 0.658. The van der Waals surface area contributed by atoms with Gasteiger partial charge in [0.05, 0.1) is 0 Å². The Morgan fingerprint density at radius 1 is 1.19 bits per heavy atom. The summed E-state index contributed by atoms with van der Waals surface area (Å²) < 4.78 is 27.0. The van der Waals surface area contributed by atoms with Gasteiger partial charge in [0.1, 0.15) is 16.3 Å². The van der Waals surface area contributed by atoms with Crippen LogP contribution in [0.5, 0.6) is 0 Å². The van der Waals surface area contributed by atoms with Gasteiger partial charge >= 0.3 is 6.03 Å². The number of hydrogen-bond donors (Lipinski definition) is 1. The minimum absolute atomic E-state index is 0.0784. The summed E-state index contributed by atoms with van der Waals surface area (Å²) in [4.78, 5) is 41.3.